The van der Waals surface area contributed by atoms with Gasteiger partial charge in [0.05, 0.1) is 5.56 Å². The summed E-state index contributed by atoms with van der Waals surface area (Å²) in [6.07, 6.45) is 8.24. The topological polar surface area (TPSA) is 134 Å². The summed E-state index contributed by atoms with van der Waals surface area (Å²) in [7, 11) is 3.96. The highest BCUT2D eigenvalue weighted by molar-refractivity contribution is 6.02. The molecular weight excluding hydrogens is 590 g/mol. The second-order valence-electron chi connectivity index (χ2n) is 10.9. The minimum Gasteiger partial charge on any atom is -0.478 e. The van der Waals surface area contributed by atoms with Crippen molar-refractivity contribution in [1.82, 2.24) is 9.96 Å². The van der Waals surface area contributed by atoms with Crippen molar-refractivity contribution in [2.75, 3.05) is 25.5 Å². The summed E-state index contributed by atoms with van der Waals surface area (Å²) in [6.45, 7) is 5.87. The number of hydrogen-bond acceptors (Lipinski definition) is 8. The second-order valence-corrected chi connectivity index (χ2v) is 10.9. The SMILES string of the molecule is CC.CC(=O)N1CCCC1C(=O)ON1C(=O)CCC1=O.CN(C)c1ccc2c(c1)OC1=CCC=CC1=C2c1ccccc1C(=O)O. The van der Waals surface area contributed by atoms with Crippen LogP contribution in [0.3, 0.4) is 0 Å². The molecule has 3 heterocycles. The summed E-state index contributed by atoms with van der Waals surface area (Å²) in [5.74, 6) is -1.36. The van der Waals surface area contributed by atoms with Crippen molar-refractivity contribution in [3.63, 3.8) is 0 Å². The first-order chi connectivity index (χ1) is 22.1. The third-order valence-corrected chi connectivity index (χ3v) is 7.77. The lowest BCUT2D eigenvalue weighted by atomic mass is 9.85. The number of hydrogen-bond donors (Lipinski definition) is 1. The molecule has 2 aromatic rings. The molecule has 6 rings (SSSR count). The van der Waals surface area contributed by atoms with Gasteiger partial charge < -0.3 is 24.5 Å². The summed E-state index contributed by atoms with van der Waals surface area (Å²) in [6, 6.07) is 12.5. The number of aromatic carboxylic acids is 1. The molecule has 0 spiro atoms. The largest absolute Gasteiger partial charge is 0.478 e. The van der Waals surface area contributed by atoms with E-state index in [1.165, 1.54) is 11.8 Å². The van der Waals surface area contributed by atoms with Crippen molar-refractivity contribution in [2.45, 2.75) is 58.9 Å². The summed E-state index contributed by atoms with van der Waals surface area (Å²) in [5.41, 5.74) is 4.76. The molecule has 1 N–H and O–H groups in total. The van der Waals surface area contributed by atoms with Gasteiger partial charge in [0.15, 0.2) is 0 Å². The highest BCUT2D eigenvalue weighted by atomic mass is 16.7. The van der Waals surface area contributed by atoms with Gasteiger partial charge in [-0.05, 0) is 49.1 Å². The van der Waals surface area contributed by atoms with Gasteiger partial charge in [0.2, 0.25) is 5.91 Å². The van der Waals surface area contributed by atoms with E-state index >= 15 is 0 Å². The first-order valence-corrected chi connectivity index (χ1v) is 15.3. The number of benzene rings is 2. The number of imide groups is 1. The van der Waals surface area contributed by atoms with Gasteiger partial charge in [-0.15, -0.1) is 5.06 Å². The number of nitrogens with zero attached hydrogens (tertiary/aromatic N) is 3. The molecule has 2 fully saturated rings. The van der Waals surface area contributed by atoms with E-state index in [1.54, 1.807) is 12.1 Å². The van der Waals surface area contributed by atoms with Crippen LogP contribution in [0.2, 0.25) is 0 Å². The number of likely N-dealkylation sites (tertiary alicyclic amines) is 1. The fourth-order valence-electron chi connectivity index (χ4n) is 5.58. The lowest BCUT2D eigenvalue weighted by molar-refractivity contribution is -0.200. The molecule has 3 amide bonds. The molecule has 2 aromatic carbocycles. The van der Waals surface area contributed by atoms with E-state index < -0.39 is 29.8 Å². The van der Waals surface area contributed by atoms with Crippen LogP contribution >= 0.6 is 0 Å². The van der Waals surface area contributed by atoms with E-state index in [9.17, 15) is 29.1 Å². The molecule has 46 heavy (non-hydrogen) atoms. The Kier molecular flexibility index (Phi) is 10.8. The predicted octanol–water partition coefficient (Wildman–Crippen LogP) is 5.12. The molecule has 1 unspecified atom stereocenters. The van der Waals surface area contributed by atoms with E-state index in [2.05, 4.69) is 6.08 Å². The molecule has 4 aliphatic rings. The summed E-state index contributed by atoms with van der Waals surface area (Å²) < 4.78 is 6.16. The Morgan fingerprint density at radius 2 is 1.70 bits per heavy atom. The van der Waals surface area contributed by atoms with Crippen LogP contribution in [0.4, 0.5) is 5.69 Å². The average Bonchev–Trinajstić information content (AvgIpc) is 3.68. The number of carbonyl (C=O) groups is 5. The van der Waals surface area contributed by atoms with Crippen molar-refractivity contribution < 1.29 is 38.7 Å². The molecule has 3 aliphatic heterocycles. The number of carbonyl (C=O) groups excluding carboxylic acids is 4. The van der Waals surface area contributed by atoms with Gasteiger partial charge in [-0.1, -0.05) is 44.2 Å². The summed E-state index contributed by atoms with van der Waals surface area (Å²) in [5, 5.41) is 10.2. The maximum atomic E-state index is 11.8. The van der Waals surface area contributed by atoms with Crippen LogP contribution in [0.5, 0.6) is 5.75 Å². The molecule has 11 nitrogen and oxygen atoms in total. The Bertz CT molecular complexity index is 1620. The zero-order valence-corrected chi connectivity index (χ0v) is 26.7. The van der Waals surface area contributed by atoms with Crippen molar-refractivity contribution in [2.24, 2.45) is 0 Å². The number of ether oxygens (including phenoxy) is 1. The zero-order chi connectivity index (χ0) is 33.5. The fraction of sp³-hybridized carbons (Fsp3) is 0.343. The maximum absolute atomic E-state index is 11.8. The molecule has 242 valence electrons. The van der Waals surface area contributed by atoms with E-state index in [1.807, 2.05) is 75.3 Å². The number of carboxylic acid groups (broad SMARTS) is 1. The standard InChI is InChI=1S/C22H19NO3.C11H14N2O5.C2H6/c1-23(2)14-11-12-18-20(13-14)26-19-10-6-5-9-17(19)21(18)15-7-3-4-8-16(15)22(24)25;1-7(14)12-6-2-3-8(12)11(17)18-13-9(15)4-5-10(13)16;1-2/h3-5,7-13H,6H2,1-2H3,(H,24,25);8H,2-6H2,1H3;1-2H3. The van der Waals surface area contributed by atoms with E-state index in [0.29, 0.717) is 30.0 Å². The second kappa shape index (κ2) is 14.7. The van der Waals surface area contributed by atoms with Gasteiger partial charge in [-0.3, -0.25) is 14.4 Å². The molecule has 11 heteroatoms. The number of rotatable bonds is 5. The molecule has 1 aliphatic carbocycles. The van der Waals surface area contributed by atoms with Crippen LogP contribution in [0.1, 0.15) is 74.4 Å². The normalized spacial score (nSPS) is 17.8. The lowest BCUT2D eigenvalue weighted by Gasteiger charge is -2.28. The number of carboxylic acids is 1. The number of hydroxylamine groups is 2. The molecule has 1 atom stereocenters. The number of allylic oxidation sites excluding steroid dienone is 3. The lowest BCUT2D eigenvalue weighted by Crippen LogP contribution is -2.44. The minimum absolute atomic E-state index is 0.0627. The maximum Gasteiger partial charge on any atom is 0.355 e. The van der Waals surface area contributed by atoms with Crippen LogP contribution in [-0.2, 0) is 24.0 Å². The predicted molar refractivity (Wildman–Crippen MR) is 172 cm³/mol. The van der Waals surface area contributed by atoms with Crippen LogP contribution < -0.4 is 9.64 Å². The molecule has 0 aromatic heterocycles. The number of amides is 3. The molecular formula is C35H39N3O8. The third kappa shape index (κ3) is 7.03. The third-order valence-electron chi connectivity index (χ3n) is 7.77. The van der Waals surface area contributed by atoms with Crippen molar-refractivity contribution >= 4 is 40.9 Å². The highest BCUT2D eigenvalue weighted by Crippen LogP contribution is 2.45. The van der Waals surface area contributed by atoms with Crippen LogP contribution in [0, 0.1) is 0 Å². The van der Waals surface area contributed by atoms with Crippen LogP contribution in [0.25, 0.3) is 5.57 Å². The quantitative estimate of drug-likeness (QED) is 0.448. The monoisotopic (exact) mass is 629 g/mol. The Morgan fingerprint density at radius 3 is 2.35 bits per heavy atom. The minimum atomic E-state index is -0.933. The van der Waals surface area contributed by atoms with Gasteiger partial charge in [0.1, 0.15) is 17.6 Å². The van der Waals surface area contributed by atoms with Gasteiger partial charge in [0, 0.05) is 68.9 Å². The van der Waals surface area contributed by atoms with Gasteiger partial charge in [-0.2, -0.15) is 0 Å². The Balaban J connectivity index is 0.000000211. The van der Waals surface area contributed by atoms with Gasteiger partial charge >= 0.3 is 11.9 Å². The fourth-order valence-corrected chi connectivity index (χ4v) is 5.58. The number of fused-ring (bicyclic) bond motifs is 2. The first kappa shape index (κ1) is 33.7. The number of anilines is 1. The van der Waals surface area contributed by atoms with Crippen molar-refractivity contribution in [3.8, 4) is 5.75 Å². The van der Waals surface area contributed by atoms with Gasteiger partial charge in [-0.25, -0.2) is 9.59 Å². The smallest absolute Gasteiger partial charge is 0.355 e. The first-order valence-electron chi connectivity index (χ1n) is 15.3. The van der Waals surface area contributed by atoms with E-state index in [-0.39, 0.29) is 24.3 Å². The Morgan fingerprint density at radius 1 is 1.00 bits per heavy atom. The van der Waals surface area contributed by atoms with Crippen LogP contribution in [0.15, 0.2) is 72.0 Å². The average molecular weight is 630 g/mol. The van der Waals surface area contributed by atoms with Gasteiger partial charge in [0.25, 0.3) is 11.8 Å². The zero-order valence-electron chi connectivity index (χ0n) is 26.7. The van der Waals surface area contributed by atoms with E-state index in [4.69, 9.17) is 9.57 Å². The molecule has 0 saturated carbocycles. The molecule has 2 saturated heterocycles. The van der Waals surface area contributed by atoms with Crippen LogP contribution in [-0.4, -0.2) is 71.4 Å². The highest BCUT2D eigenvalue weighted by Gasteiger charge is 2.39. The van der Waals surface area contributed by atoms with Crippen molar-refractivity contribution in [1.29, 1.82) is 0 Å². The molecule has 0 radical (unpaired) electrons. The van der Waals surface area contributed by atoms with Crippen molar-refractivity contribution in [3.05, 3.63) is 88.7 Å². The molecule has 0 bridgehead atoms. The Labute approximate surface area is 268 Å². The Hall–Kier alpha value is -5.19. The summed E-state index contributed by atoms with van der Waals surface area (Å²) >= 11 is 0. The van der Waals surface area contributed by atoms with E-state index in [0.717, 1.165) is 40.3 Å². The summed E-state index contributed by atoms with van der Waals surface area (Å²) in [4.78, 5) is 65.7.